The largest absolute Gasteiger partial charge is 0.550 e. The molecule has 0 saturated heterocycles. The van der Waals surface area contributed by atoms with Gasteiger partial charge in [0.1, 0.15) is 0 Å². The van der Waals surface area contributed by atoms with Crippen molar-refractivity contribution in [2.75, 3.05) is 5.33 Å². The highest BCUT2D eigenvalue weighted by Gasteiger charge is 1.94. The van der Waals surface area contributed by atoms with Crippen molar-refractivity contribution in [1.82, 2.24) is 0 Å². The van der Waals surface area contributed by atoms with Gasteiger partial charge in [0.25, 0.3) is 0 Å². The number of aliphatic carboxylic acids is 1. The Hall–Kier alpha value is -0.830. The van der Waals surface area contributed by atoms with Crippen LogP contribution in [0.25, 0.3) is 0 Å². The first-order valence-corrected chi connectivity index (χ1v) is 5.18. The summed E-state index contributed by atoms with van der Waals surface area (Å²) < 4.78 is 0. The maximum atomic E-state index is 10.3. The first-order valence-electron chi connectivity index (χ1n) is 4.06. The molecule has 70 valence electrons. The monoisotopic (exact) mass is 241 g/mol. The van der Waals surface area contributed by atoms with Crippen molar-refractivity contribution >= 4 is 21.9 Å². The summed E-state index contributed by atoms with van der Waals surface area (Å²) in [6.07, 6.45) is 0.959. The third kappa shape index (κ3) is 3.59. The molecule has 0 amide bonds. The van der Waals surface area contributed by atoms with Gasteiger partial charge < -0.3 is 9.90 Å². The van der Waals surface area contributed by atoms with E-state index in [1.54, 1.807) is 0 Å². The first-order chi connectivity index (χ1) is 6.22. The average Bonchev–Trinajstić information content (AvgIpc) is 2.08. The zero-order chi connectivity index (χ0) is 9.68. The molecule has 0 aromatic heterocycles. The second-order valence-corrected chi connectivity index (χ2v) is 3.60. The fourth-order valence-electron chi connectivity index (χ4n) is 1.10. The molecule has 0 atom stereocenters. The maximum Gasteiger partial charge on any atom is 0.0458 e. The molecule has 13 heavy (non-hydrogen) atoms. The van der Waals surface area contributed by atoms with Crippen LogP contribution in [-0.4, -0.2) is 11.3 Å². The molecule has 2 nitrogen and oxygen atoms in total. The van der Waals surface area contributed by atoms with E-state index < -0.39 is 5.97 Å². The number of alkyl halides is 1. The van der Waals surface area contributed by atoms with Gasteiger partial charge in [-0.05, 0) is 17.5 Å². The van der Waals surface area contributed by atoms with Gasteiger partial charge in [0.15, 0.2) is 0 Å². The van der Waals surface area contributed by atoms with Crippen molar-refractivity contribution in [3.63, 3.8) is 0 Å². The van der Waals surface area contributed by atoms with Gasteiger partial charge in [-0.15, -0.1) is 0 Å². The first kappa shape index (κ1) is 10.3. The molecule has 3 heteroatoms. The Morgan fingerprint density at radius 2 is 1.77 bits per heavy atom. The summed E-state index contributed by atoms with van der Waals surface area (Å²) in [5.41, 5.74) is 2.00. The minimum absolute atomic E-state index is 0.00536. The number of halogens is 1. The van der Waals surface area contributed by atoms with Gasteiger partial charge in [-0.1, -0.05) is 40.2 Å². The van der Waals surface area contributed by atoms with Crippen molar-refractivity contribution < 1.29 is 9.90 Å². The molecule has 0 spiro atoms. The van der Waals surface area contributed by atoms with Gasteiger partial charge in [-0.2, -0.15) is 0 Å². The minimum atomic E-state index is -1.03. The van der Waals surface area contributed by atoms with Crippen molar-refractivity contribution in [3.05, 3.63) is 35.4 Å². The van der Waals surface area contributed by atoms with Gasteiger partial charge in [-0.3, -0.25) is 0 Å². The summed E-state index contributed by atoms with van der Waals surface area (Å²) >= 11 is 3.34. The van der Waals surface area contributed by atoms with E-state index in [-0.39, 0.29) is 6.42 Å². The highest BCUT2D eigenvalue weighted by molar-refractivity contribution is 9.09. The Kier molecular flexibility index (Phi) is 3.96. The normalized spacial score (nSPS) is 9.92. The molecular weight excluding hydrogens is 232 g/mol. The van der Waals surface area contributed by atoms with E-state index in [1.807, 2.05) is 24.3 Å². The Bertz CT molecular complexity index is 279. The van der Waals surface area contributed by atoms with Gasteiger partial charge >= 0.3 is 0 Å². The molecule has 0 unspecified atom stereocenters. The standard InChI is InChI=1S/C10H11BrO2/c11-6-5-8-1-3-9(4-2-8)7-10(12)13/h1-4H,5-7H2,(H,12,13)/p-1. The van der Waals surface area contributed by atoms with Crippen LogP contribution in [0.3, 0.4) is 0 Å². The van der Waals surface area contributed by atoms with E-state index >= 15 is 0 Å². The number of carboxylic acid groups (broad SMARTS) is 1. The molecule has 0 fully saturated rings. The lowest BCUT2D eigenvalue weighted by atomic mass is 10.1. The zero-order valence-electron chi connectivity index (χ0n) is 7.13. The SMILES string of the molecule is O=C([O-])Cc1ccc(CCBr)cc1. The van der Waals surface area contributed by atoms with Gasteiger partial charge in [0.05, 0.1) is 0 Å². The number of hydrogen-bond donors (Lipinski definition) is 0. The van der Waals surface area contributed by atoms with E-state index in [2.05, 4.69) is 15.9 Å². The number of carbonyl (C=O) groups excluding carboxylic acids is 1. The van der Waals surface area contributed by atoms with Crippen LogP contribution < -0.4 is 5.11 Å². The summed E-state index contributed by atoms with van der Waals surface area (Å²) in [7, 11) is 0. The topological polar surface area (TPSA) is 40.1 Å². The number of carboxylic acids is 1. The van der Waals surface area contributed by atoms with E-state index in [0.29, 0.717) is 0 Å². The molecular formula is C10H10BrO2-. The Balaban J connectivity index is 2.64. The number of aryl methyl sites for hydroxylation is 1. The quantitative estimate of drug-likeness (QED) is 0.736. The summed E-state index contributed by atoms with van der Waals surface area (Å²) in [4.78, 5) is 10.3. The molecule has 1 rings (SSSR count). The van der Waals surface area contributed by atoms with E-state index in [1.165, 1.54) is 5.56 Å². The van der Waals surface area contributed by atoms with E-state index in [0.717, 1.165) is 17.3 Å². The molecule has 0 saturated carbocycles. The lowest BCUT2D eigenvalue weighted by molar-refractivity contribution is -0.304. The highest BCUT2D eigenvalue weighted by Crippen LogP contribution is 2.06. The molecule has 0 aliphatic heterocycles. The van der Waals surface area contributed by atoms with Crippen LogP contribution in [0.1, 0.15) is 11.1 Å². The minimum Gasteiger partial charge on any atom is -0.550 e. The second kappa shape index (κ2) is 5.02. The van der Waals surface area contributed by atoms with Crippen molar-refractivity contribution in [1.29, 1.82) is 0 Å². The molecule has 0 aliphatic carbocycles. The fourth-order valence-corrected chi connectivity index (χ4v) is 1.56. The molecule has 0 radical (unpaired) electrons. The van der Waals surface area contributed by atoms with Crippen LogP contribution >= 0.6 is 15.9 Å². The van der Waals surface area contributed by atoms with Crippen molar-refractivity contribution in [2.24, 2.45) is 0 Å². The molecule has 0 bridgehead atoms. The average molecular weight is 242 g/mol. The number of hydrogen-bond acceptors (Lipinski definition) is 2. The van der Waals surface area contributed by atoms with E-state index in [4.69, 9.17) is 0 Å². The maximum absolute atomic E-state index is 10.3. The predicted octanol–water partition coefficient (Wildman–Crippen LogP) is 0.916. The smallest absolute Gasteiger partial charge is 0.0458 e. The van der Waals surface area contributed by atoms with Gasteiger partial charge in [-0.25, -0.2) is 0 Å². The van der Waals surface area contributed by atoms with Gasteiger partial charge in [0, 0.05) is 17.7 Å². The highest BCUT2D eigenvalue weighted by atomic mass is 79.9. The number of benzene rings is 1. The van der Waals surface area contributed by atoms with E-state index in [9.17, 15) is 9.90 Å². The summed E-state index contributed by atoms with van der Waals surface area (Å²) in [5.74, 6) is -1.03. The van der Waals surface area contributed by atoms with Crippen LogP contribution in [0.5, 0.6) is 0 Å². The van der Waals surface area contributed by atoms with Crippen LogP contribution in [-0.2, 0) is 17.6 Å². The summed E-state index contributed by atoms with van der Waals surface area (Å²) in [5, 5.41) is 11.2. The Labute approximate surface area is 85.7 Å². The zero-order valence-corrected chi connectivity index (χ0v) is 8.71. The van der Waals surface area contributed by atoms with Crippen LogP contribution in [0.4, 0.5) is 0 Å². The molecule has 0 N–H and O–H groups in total. The number of carbonyl (C=O) groups is 1. The number of rotatable bonds is 4. The van der Waals surface area contributed by atoms with Crippen LogP contribution in [0.2, 0.25) is 0 Å². The summed E-state index contributed by atoms with van der Waals surface area (Å²) in [6.45, 7) is 0. The summed E-state index contributed by atoms with van der Waals surface area (Å²) in [6, 6.07) is 7.54. The van der Waals surface area contributed by atoms with Crippen molar-refractivity contribution in [3.8, 4) is 0 Å². The van der Waals surface area contributed by atoms with Crippen molar-refractivity contribution in [2.45, 2.75) is 12.8 Å². The Morgan fingerprint density at radius 1 is 1.23 bits per heavy atom. The van der Waals surface area contributed by atoms with Crippen LogP contribution in [0, 0.1) is 0 Å². The molecule has 1 aromatic rings. The molecule has 0 aliphatic rings. The van der Waals surface area contributed by atoms with Gasteiger partial charge in [0.2, 0.25) is 0 Å². The third-order valence-corrected chi connectivity index (χ3v) is 2.15. The second-order valence-electron chi connectivity index (χ2n) is 2.80. The lowest BCUT2D eigenvalue weighted by Gasteiger charge is -2.03. The molecule has 0 heterocycles. The Morgan fingerprint density at radius 3 is 2.23 bits per heavy atom. The fraction of sp³-hybridized carbons (Fsp3) is 0.300. The molecule has 1 aromatic carbocycles. The predicted molar refractivity (Wildman–Crippen MR) is 52.7 cm³/mol. The van der Waals surface area contributed by atoms with Crippen LogP contribution in [0.15, 0.2) is 24.3 Å². The lowest BCUT2D eigenvalue weighted by Crippen LogP contribution is -2.24. The third-order valence-electron chi connectivity index (χ3n) is 1.75.